The fraction of sp³-hybridized carbons (Fsp3) is 0.455. The number of nitrogens with zero attached hydrogens (tertiary/aromatic N) is 2. The van der Waals surface area contributed by atoms with Gasteiger partial charge in [0.15, 0.2) is 0 Å². The van der Waals surface area contributed by atoms with E-state index in [4.69, 9.17) is 0 Å². The predicted molar refractivity (Wildman–Crippen MR) is 73.8 cm³/mol. The number of rotatable bonds is 3. The molecule has 2 rings (SSSR count). The molecule has 0 aromatic carbocycles. The number of imidazole rings is 1. The number of piperidine rings is 1. The predicted octanol–water partition coefficient (Wildman–Crippen LogP) is 1.99. The van der Waals surface area contributed by atoms with Crippen molar-refractivity contribution in [3.63, 3.8) is 0 Å². The summed E-state index contributed by atoms with van der Waals surface area (Å²) >= 11 is 4.22. The van der Waals surface area contributed by atoms with Crippen molar-refractivity contribution in [3.05, 3.63) is 24.3 Å². The largest absolute Gasteiger partial charge is 0.345 e. The molecule has 6 heteroatoms. The molecule has 0 bridgehead atoms. The molecule has 1 N–H and O–H groups in total. The number of H-pyrrole nitrogens is 1. The Morgan fingerprint density at radius 2 is 2.59 bits per heavy atom. The van der Waals surface area contributed by atoms with Crippen molar-refractivity contribution in [3.8, 4) is 0 Å². The molecule has 4 nitrogen and oxygen atoms in total. The summed E-state index contributed by atoms with van der Waals surface area (Å²) < 4.78 is 0. The van der Waals surface area contributed by atoms with Crippen molar-refractivity contribution in [2.75, 3.05) is 13.1 Å². The van der Waals surface area contributed by atoms with Crippen LogP contribution < -0.4 is 0 Å². The van der Waals surface area contributed by atoms with Gasteiger partial charge >= 0.3 is 0 Å². The normalized spacial score (nSPS) is 21.0. The molecular formula is C11H15N3OS2. The number of aromatic amines is 1. The van der Waals surface area contributed by atoms with Gasteiger partial charge in [-0.25, -0.2) is 4.98 Å². The molecule has 1 aliphatic rings. The fourth-order valence-electron chi connectivity index (χ4n) is 1.85. The molecule has 1 aliphatic heterocycles. The molecule has 0 aliphatic carbocycles. The van der Waals surface area contributed by atoms with E-state index in [1.54, 1.807) is 35.5 Å². The highest BCUT2D eigenvalue weighted by molar-refractivity contribution is 8.68. The van der Waals surface area contributed by atoms with E-state index in [1.165, 1.54) is 0 Å². The number of aromatic nitrogens is 2. The molecule has 17 heavy (non-hydrogen) atoms. The molecule has 0 saturated carbocycles. The van der Waals surface area contributed by atoms with E-state index in [0.717, 1.165) is 31.6 Å². The van der Waals surface area contributed by atoms with Crippen LogP contribution in [0.2, 0.25) is 0 Å². The van der Waals surface area contributed by atoms with E-state index in [0.29, 0.717) is 5.25 Å². The Morgan fingerprint density at radius 3 is 3.29 bits per heavy atom. The minimum Gasteiger partial charge on any atom is -0.345 e. The van der Waals surface area contributed by atoms with Crippen molar-refractivity contribution in [1.82, 2.24) is 14.9 Å². The third kappa shape index (κ3) is 3.54. The molecule has 1 aromatic rings. The standard InChI is InChI=1S/C11H15N3OS2/c15-11(4-3-9-6-12-8-13-9)14-5-1-2-10(7-14)17-16/h3-4,6,8,10,16H,1-2,5,7H2,(H,12,13)/b4-3+. The molecule has 2 heterocycles. The number of thiol groups is 1. The summed E-state index contributed by atoms with van der Waals surface area (Å²) in [6, 6.07) is 0. The van der Waals surface area contributed by atoms with Gasteiger partial charge in [0.2, 0.25) is 5.91 Å². The van der Waals surface area contributed by atoms with E-state index in [-0.39, 0.29) is 5.91 Å². The number of carbonyl (C=O) groups is 1. The Morgan fingerprint density at radius 1 is 1.71 bits per heavy atom. The van der Waals surface area contributed by atoms with Gasteiger partial charge < -0.3 is 9.88 Å². The molecule has 1 aromatic heterocycles. The monoisotopic (exact) mass is 269 g/mol. The van der Waals surface area contributed by atoms with Crippen LogP contribution in [-0.4, -0.2) is 39.1 Å². The van der Waals surface area contributed by atoms with Gasteiger partial charge in [-0.2, -0.15) is 0 Å². The molecule has 1 atom stereocenters. The Hall–Kier alpha value is -0.880. The smallest absolute Gasteiger partial charge is 0.246 e. The van der Waals surface area contributed by atoms with Gasteiger partial charge in [-0.1, -0.05) is 10.8 Å². The molecule has 0 radical (unpaired) electrons. The third-order valence-corrected chi connectivity index (χ3v) is 4.34. The zero-order chi connectivity index (χ0) is 12.1. The Labute approximate surface area is 110 Å². The highest BCUT2D eigenvalue weighted by Crippen LogP contribution is 2.24. The summed E-state index contributed by atoms with van der Waals surface area (Å²) in [6.07, 6.45) is 8.83. The van der Waals surface area contributed by atoms with Gasteiger partial charge in [-0.05, 0) is 18.9 Å². The average molecular weight is 269 g/mol. The number of hydrogen-bond donors (Lipinski definition) is 2. The van der Waals surface area contributed by atoms with Crippen LogP contribution in [-0.2, 0) is 4.79 Å². The quantitative estimate of drug-likeness (QED) is 0.501. The highest BCUT2D eigenvalue weighted by atomic mass is 33.1. The van der Waals surface area contributed by atoms with Gasteiger partial charge in [-0.15, -0.1) is 11.7 Å². The summed E-state index contributed by atoms with van der Waals surface area (Å²) in [5, 5.41) is 0.455. The third-order valence-electron chi connectivity index (χ3n) is 2.76. The molecule has 1 fully saturated rings. The summed E-state index contributed by atoms with van der Waals surface area (Å²) in [5.74, 6) is 0.0617. The first kappa shape index (κ1) is 12.6. The number of carbonyl (C=O) groups excluding carboxylic acids is 1. The maximum absolute atomic E-state index is 11.9. The topological polar surface area (TPSA) is 49.0 Å². The lowest BCUT2D eigenvalue weighted by atomic mass is 10.1. The second kappa shape index (κ2) is 6.16. The van der Waals surface area contributed by atoms with Crippen LogP contribution in [0.3, 0.4) is 0 Å². The first-order valence-corrected chi connectivity index (χ1v) is 7.48. The van der Waals surface area contributed by atoms with Gasteiger partial charge in [0, 0.05) is 24.4 Å². The van der Waals surface area contributed by atoms with Crippen molar-refractivity contribution in [1.29, 1.82) is 0 Å². The SMILES string of the molecule is O=C(/C=C/c1cnc[nH]1)N1CCCC(SS)C1. The fourth-order valence-corrected chi connectivity index (χ4v) is 2.88. The van der Waals surface area contributed by atoms with Gasteiger partial charge in [-0.3, -0.25) is 4.79 Å². The van der Waals surface area contributed by atoms with Gasteiger partial charge in [0.1, 0.15) is 0 Å². The Balaban J connectivity index is 1.91. The minimum atomic E-state index is 0.0617. The molecule has 0 spiro atoms. The lowest BCUT2D eigenvalue weighted by Crippen LogP contribution is -2.39. The van der Waals surface area contributed by atoms with Gasteiger partial charge in [0.05, 0.1) is 18.2 Å². The maximum atomic E-state index is 11.9. The maximum Gasteiger partial charge on any atom is 0.246 e. The number of amides is 1. The van der Waals surface area contributed by atoms with Crippen molar-refractivity contribution >= 4 is 34.4 Å². The van der Waals surface area contributed by atoms with E-state index < -0.39 is 0 Å². The summed E-state index contributed by atoms with van der Waals surface area (Å²) in [6.45, 7) is 1.64. The minimum absolute atomic E-state index is 0.0617. The average Bonchev–Trinajstić information content (AvgIpc) is 2.89. The highest BCUT2D eigenvalue weighted by Gasteiger charge is 2.21. The van der Waals surface area contributed by atoms with Crippen LogP contribution in [0.25, 0.3) is 6.08 Å². The van der Waals surface area contributed by atoms with Crippen molar-refractivity contribution in [2.24, 2.45) is 0 Å². The summed E-state index contributed by atoms with van der Waals surface area (Å²) in [4.78, 5) is 20.6. The van der Waals surface area contributed by atoms with E-state index in [9.17, 15) is 4.79 Å². The van der Waals surface area contributed by atoms with Crippen LogP contribution in [0, 0.1) is 0 Å². The first-order valence-electron chi connectivity index (χ1n) is 5.55. The number of hydrogen-bond acceptors (Lipinski definition) is 4. The van der Waals surface area contributed by atoms with Gasteiger partial charge in [0.25, 0.3) is 0 Å². The molecule has 1 amide bonds. The van der Waals surface area contributed by atoms with Crippen LogP contribution in [0.1, 0.15) is 18.5 Å². The van der Waals surface area contributed by atoms with Crippen molar-refractivity contribution < 1.29 is 4.79 Å². The lowest BCUT2D eigenvalue weighted by Gasteiger charge is -2.30. The lowest BCUT2D eigenvalue weighted by molar-refractivity contribution is -0.126. The van der Waals surface area contributed by atoms with Crippen molar-refractivity contribution in [2.45, 2.75) is 18.1 Å². The second-order valence-corrected chi connectivity index (χ2v) is 5.50. The Kier molecular flexibility index (Phi) is 4.56. The van der Waals surface area contributed by atoms with E-state index in [1.807, 2.05) is 4.90 Å². The zero-order valence-electron chi connectivity index (χ0n) is 9.37. The number of likely N-dealkylation sites (tertiary alicyclic amines) is 1. The molecule has 92 valence electrons. The molecule has 1 unspecified atom stereocenters. The summed E-state index contributed by atoms with van der Waals surface area (Å²) in [5.41, 5.74) is 0.843. The van der Waals surface area contributed by atoms with Crippen LogP contribution in [0.4, 0.5) is 0 Å². The summed E-state index contributed by atoms with van der Waals surface area (Å²) in [7, 11) is 1.54. The molecule has 1 saturated heterocycles. The van der Waals surface area contributed by atoms with E-state index >= 15 is 0 Å². The van der Waals surface area contributed by atoms with Crippen LogP contribution in [0.5, 0.6) is 0 Å². The Bertz CT molecular complexity index is 391. The second-order valence-electron chi connectivity index (χ2n) is 3.99. The van der Waals surface area contributed by atoms with Crippen LogP contribution >= 0.6 is 22.5 Å². The zero-order valence-corrected chi connectivity index (χ0v) is 11.1. The number of nitrogens with one attached hydrogen (secondary N) is 1. The van der Waals surface area contributed by atoms with Crippen LogP contribution in [0.15, 0.2) is 18.6 Å². The first-order chi connectivity index (χ1) is 8.29. The van der Waals surface area contributed by atoms with E-state index in [2.05, 4.69) is 21.6 Å². The molecular weight excluding hydrogens is 254 g/mol.